The molecule has 2 aromatic heterocycles. The lowest BCUT2D eigenvalue weighted by Crippen LogP contribution is -2.26. The molecule has 10 heteroatoms. The van der Waals surface area contributed by atoms with Gasteiger partial charge in [0.1, 0.15) is 22.9 Å². The molecule has 3 rings (SSSR count). The van der Waals surface area contributed by atoms with Gasteiger partial charge < -0.3 is 24.4 Å². The number of carbonyl (C=O) groups excluding carboxylic acids is 2. The molecule has 0 fully saturated rings. The summed E-state index contributed by atoms with van der Waals surface area (Å²) in [5, 5.41) is 9.07. The van der Waals surface area contributed by atoms with Crippen LogP contribution in [-0.4, -0.2) is 34.6 Å². The fourth-order valence-electron chi connectivity index (χ4n) is 2.81. The van der Waals surface area contributed by atoms with E-state index < -0.39 is 18.0 Å². The van der Waals surface area contributed by atoms with Crippen LogP contribution in [0.25, 0.3) is 11.1 Å². The average molecular weight is 424 g/mol. The quantitative estimate of drug-likeness (QED) is 0.560. The summed E-state index contributed by atoms with van der Waals surface area (Å²) in [5.74, 6) is -0.390. The summed E-state index contributed by atoms with van der Waals surface area (Å²) in [6.45, 7) is 4.74. The van der Waals surface area contributed by atoms with Gasteiger partial charge in [0.25, 0.3) is 0 Å². The number of nitrogens with two attached hydrogens (primary N) is 1. The predicted molar refractivity (Wildman–Crippen MR) is 108 cm³/mol. The van der Waals surface area contributed by atoms with Crippen LogP contribution in [0.3, 0.4) is 0 Å². The van der Waals surface area contributed by atoms with E-state index in [1.807, 2.05) is 6.07 Å². The average Bonchev–Trinajstić information content (AvgIpc) is 3.09. The molecule has 1 atom stereocenters. The Bertz CT molecular complexity index is 1160. The summed E-state index contributed by atoms with van der Waals surface area (Å²) in [6, 6.07) is 8.32. The van der Waals surface area contributed by atoms with Crippen LogP contribution in [-0.2, 0) is 20.9 Å². The Hall–Kier alpha value is -4.13. The third-order valence-electron chi connectivity index (χ3n) is 4.25. The van der Waals surface area contributed by atoms with Crippen LogP contribution in [0.1, 0.15) is 41.4 Å². The van der Waals surface area contributed by atoms with E-state index in [2.05, 4.69) is 9.97 Å². The number of fused-ring (bicyclic) bond motifs is 1. The smallest absolute Gasteiger partial charge is 0.347 e. The number of rotatable bonds is 7. The number of nitrogens with zero attached hydrogens (tertiary/aromatic N) is 3. The minimum absolute atomic E-state index is 0.0119. The molecule has 1 aromatic carbocycles. The Balaban J connectivity index is 1.69. The molecule has 0 spiro atoms. The van der Waals surface area contributed by atoms with Crippen LogP contribution < -0.4 is 10.5 Å². The number of aryl methyl sites for hydroxylation is 1. The molecule has 3 aromatic rings. The maximum atomic E-state index is 12.2. The van der Waals surface area contributed by atoms with E-state index in [9.17, 15) is 9.59 Å². The molecule has 0 bridgehead atoms. The van der Waals surface area contributed by atoms with E-state index in [1.165, 1.54) is 6.92 Å². The number of furan rings is 1. The van der Waals surface area contributed by atoms with E-state index in [4.69, 9.17) is 29.6 Å². The lowest BCUT2D eigenvalue weighted by atomic mass is 10.2. The third kappa shape index (κ3) is 4.72. The highest BCUT2D eigenvalue weighted by molar-refractivity contribution is 6.07. The van der Waals surface area contributed by atoms with E-state index in [0.29, 0.717) is 17.1 Å². The number of nitriles is 1. The Morgan fingerprint density at radius 2 is 1.94 bits per heavy atom. The van der Waals surface area contributed by atoms with Crippen LogP contribution in [0.15, 0.2) is 28.7 Å². The molecule has 160 valence electrons. The van der Waals surface area contributed by atoms with Crippen molar-refractivity contribution < 1.29 is 28.2 Å². The normalized spacial score (nSPS) is 11.5. The number of nitrogen functional groups attached to an aromatic ring is 1. The zero-order valence-electron chi connectivity index (χ0n) is 17.2. The minimum Gasteiger partial charge on any atom is -0.479 e. The molecular formula is C21H20N4O6. The lowest BCUT2D eigenvalue weighted by Gasteiger charge is -2.13. The molecule has 0 amide bonds. The molecule has 10 nitrogen and oxygen atoms in total. The fourth-order valence-corrected chi connectivity index (χ4v) is 2.81. The summed E-state index contributed by atoms with van der Waals surface area (Å²) in [5.41, 5.74) is 6.74. The van der Waals surface area contributed by atoms with Gasteiger partial charge in [-0.1, -0.05) is 0 Å². The molecule has 0 aliphatic heterocycles. The minimum atomic E-state index is -0.907. The van der Waals surface area contributed by atoms with Gasteiger partial charge in [-0.3, -0.25) is 0 Å². The predicted octanol–water partition coefficient (Wildman–Crippen LogP) is 2.67. The molecular weight excluding hydrogens is 404 g/mol. The van der Waals surface area contributed by atoms with Gasteiger partial charge in [-0.15, -0.1) is 0 Å². The first kappa shape index (κ1) is 21.6. The van der Waals surface area contributed by atoms with Gasteiger partial charge >= 0.3 is 11.9 Å². The van der Waals surface area contributed by atoms with Crippen LogP contribution >= 0.6 is 0 Å². The largest absolute Gasteiger partial charge is 0.479 e. The number of aromatic nitrogens is 2. The molecule has 0 saturated heterocycles. The van der Waals surface area contributed by atoms with Crippen molar-refractivity contribution in [3.05, 3.63) is 47.0 Å². The number of benzene rings is 1. The Kier molecular flexibility index (Phi) is 6.35. The van der Waals surface area contributed by atoms with Gasteiger partial charge in [-0.2, -0.15) is 10.2 Å². The fraction of sp³-hybridized carbons (Fsp3) is 0.286. The van der Waals surface area contributed by atoms with E-state index in [0.717, 1.165) is 0 Å². The highest BCUT2D eigenvalue weighted by Gasteiger charge is 2.24. The number of carbonyl (C=O) groups is 2. The second-order valence-electron chi connectivity index (χ2n) is 6.46. The number of anilines is 1. The lowest BCUT2D eigenvalue weighted by molar-refractivity contribution is -0.152. The highest BCUT2D eigenvalue weighted by Crippen LogP contribution is 2.29. The van der Waals surface area contributed by atoms with Crippen molar-refractivity contribution in [1.29, 1.82) is 5.26 Å². The molecule has 2 N–H and O–H groups in total. The zero-order valence-corrected chi connectivity index (χ0v) is 17.2. The van der Waals surface area contributed by atoms with Gasteiger partial charge in [-0.25, -0.2) is 14.6 Å². The summed E-state index contributed by atoms with van der Waals surface area (Å²) in [6.07, 6.45) is -0.907. The highest BCUT2D eigenvalue weighted by atomic mass is 16.6. The first-order valence-corrected chi connectivity index (χ1v) is 9.40. The summed E-state index contributed by atoms with van der Waals surface area (Å²) in [7, 11) is 0. The summed E-state index contributed by atoms with van der Waals surface area (Å²) in [4.78, 5) is 32.7. The van der Waals surface area contributed by atoms with Crippen molar-refractivity contribution in [2.45, 2.75) is 33.5 Å². The van der Waals surface area contributed by atoms with Crippen molar-refractivity contribution in [2.24, 2.45) is 0 Å². The molecule has 0 saturated carbocycles. The standard InChI is InChI=1S/C21H20N4O6/c1-4-28-21(27)16-11(2)31-19-17(16)18(23)24-15(25-19)10-29-20(26)12(3)30-14-7-5-13(9-22)6-8-14/h5-8,12H,4,10H2,1-3H3,(H2,23,24,25). The second kappa shape index (κ2) is 9.13. The molecule has 31 heavy (non-hydrogen) atoms. The Morgan fingerprint density at radius 3 is 2.58 bits per heavy atom. The van der Waals surface area contributed by atoms with E-state index in [-0.39, 0.29) is 41.5 Å². The van der Waals surface area contributed by atoms with Gasteiger partial charge in [0, 0.05) is 0 Å². The molecule has 0 radical (unpaired) electrons. The maximum Gasteiger partial charge on any atom is 0.347 e. The third-order valence-corrected chi connectivity index (χ3v) is 4.25. The van der Waals surface area contributed by atoms with Crippen molar-refractivity contribution in [2.75, 3.05) is 12.3 Å². The van der Waals surface area contributed by atoms with E-state index >= 15 is 0 Å². The van der Waals surface area contributed by atoms with Crippen molar-refractivity contribution in [1.82, 2.24) is 9.97 Å². The molecule has 1 unspecified atom stereocenters. The number of esters is 2. The van der Waals surface area contributed by atoms with Gasteiger partial charge in [0.05, 0.1) is 23.6 Å². The van der Waals surface area contributed by atoms with Crippen LogP contribution in [0, 0.1) is 18.3 Å². The van der Waals surface area contributed by atoms with Gasteiger partial charge in [0.2, 0.25) is 5.71 Å². The van der Waals surface area contributed by atoms with Crippen molar-refractivity contribution in [3.63, 3.8) is 0 Å². The first-order chi connectivity index (χ1) is 14.8. The van der Waals surface area contributed by atoms with Crippen LogP contribution in [0.2, 0.25) is 0 Å². The first-order valence-electron chi connectivity index (χ1n) is 9.40. The summed E-state index contributed by atoms with van der Waals surface area (Å²) >= 11 is 0. The van der Waals surface area contributed by atoms with Gasteiger partial charge in [0.15, 0.2) is 18.5 Å². The van der Waals surface area contributed by atoms with Crippen molar-refractivity contribution in [3.8, 4) is 11.8 Å². The SMILES string of the molecule is CCOC(=O)c1c(C)oc2nc(COC(=O)C(C)Oc3ccc(C#N)cc3)nc(N)c12. The Labute approximate surface area is 177 Å². The van der Waals surface area contributed by atoms with Crippen LogP contribution in [0.4, 0.5) is 5.82 Å². The van der Waals surface area contributed by atoms with Crippen LogP contribution in [0.5, 0.6) is 5.75 Å². The summed E-state index contributed by atoms with van der Waals surface area (Å²) < 4.78 is 21.2. The number of hydrogen-bond acceptors (Lipinski definition) is 10. The molecule has 2 heterocycles. The van der Waals surface area contributed by atoms with E-state index in [1.54, 1.807) is 38.1 Å². The Morgan fingerprint density at radius 1 is 1.23 bits per heavy atom. The zero-order chi connectivity index (χ0) is 22.5. The monoisotopic (exact) mass is 424 g/mol. The number of ether oxygens (including phenoxy) is 3. The maximum absolute atomic E-state index is 12.2. The number of hydrogen-bond donors (Lipinski definition) is 1. The second-order valence-corrected chi connectivity index (χ2v) is 6.46. The van der Waals surface area contributed by atoms with Gasteiger partial charge in [-0.05, 0) is 45.0 Å². The van der Waals surface area contributed by atoms with Crippen molar-refractivity contribution >= 4 is 28.9 Å². The molecule has 0 aliphatic rings. The topological polar surface area (TPSA) is 151 Å². The molecule has 0 aliphatic carbocycles.